The first-order valence-electron chi connectivity index (χ1n) is 14.3. The molecule has 3 N–H and O–H groups in total. The van der Waals surface area contributed by atoms with Crippen molar-refractivity contribution in [1.82, 2.24) is 10.2 Å². The molecule has 1 unspecified atom stereocenters. The first-order chi connectivity index (χ1) is 20.6. The number of likely N-dealkylation sites (tertiary alicyclic amines) is 1. The van der Waals surface area contributed by atoms with E-state index in [9.17, 15) is 14.4 Å². The molecule has 1 heterocycles. The summed E-state index contributed by atoms with van der Waals surface area (Å²) >= 11 is 0. The second kappa shape index (κ2) is 14.7. The van der Waals surface area contributed by atoms with Crippen LogP contribution in [0.15, 0.2) is 84.9 Å². The van der Waals surface area contributed by atoms with Crippen LogP contribution in [0.2, 0.25) is 0 Å². The Morgan fingerprint density at radius 3 is 1.95 bits per heavy atom. The van der Waals surface area contributed by atoms with Gasteiger partial charge in [-0.05, 0) is 69.0 Å². The van der Waals surface area contributed by atoms with Gasteiger partial charge in [0.1, 0.15) is 18.0 Å². The molecule has 1 atom stereocenters. The third-order valence-corrected chi connectivity index (χ3v) is 6.87. The maximum absolute atomic E-state index is 13.0. The van der Waals surface area contributed by atoms with Crippen molar-refractivity contribution in [3.05, 3.63) is 102 Å². The van der Waals surface area contributed by atoms with Crippen LogP contribution >= 0.6 is 0 Å². The van der Waals surface area contributed by atoms with Crippen LogP contribution in [-0.4, -0.2) is 60.3 Å². The maximum Gasteiger partial charge on any atom is 0.410 e. The number of nitrogens with two attached hydrogens (primary N) is 1. The molecule has 10 heteroatoms. The first kappa shape index (κ1) is 31.5. The largest absolute Gasteiger partial charge is 0.490 e. The van der Waals surface area contributed by atoms with E-state index in [4.69, 9.17) is 24.9 Å². The Morgan fingerprint density at radius 1 is 0.884 bits per heavy atom. The second-order valence-corrected chi connectivity index (χ2v) is 11.3. The topological polar surface area (TPSA) is 129 Å². The minimum atomic E-state index is -1.18. The van der Waals surface area contributed by atoms with Gasteiger partial charge >= 0.3 is 12.1 Å². The zero-order valence-electron chi connectivity index (χ0n) is 24.7. The molecule has 1 aliphatic heterocycles. The van der Waals surface area contributed by atoms with Gasteiger partial charge in [-0.1, -0.05) is 60.7 Å². The molecule has 1 fully saturated rings. The van der Waals surface area contributed by atoms with Crippen molar-refractivity contribution in [3.63, 3.8) is 0 Å². The van der Waals surface area contributed by atoms with E-state index in [-0.39, 0.29) is 24.6 Å². The molecular weight excluding hydrogens is 550 g/mol. The summed E-state index contributed by atoms with van der Waals surface area (Å²) < 4.78 is 17.0. The highest BCUT2D eigenvalue weighted by molar-refractivity contribution is 5.94. The smallest absolute Gasteiger partial charge is 0.410 e. The summed E-state index contributed by atoms with van der Waals surface area (Å²) in [5.74, 6) is 4.97. The van der Waals surface area contributed by atoms with Gasteiger partial charge in [0.25, 0.3) is 5.91 Å². The Balaban J connectivity index is 1.27. The molecule has 3 aromatic carbocycles. The zero-order valence-corrected chi connectivity index (χ0v) is 24.7. The zero-order chi connectivity index (χ0) is 30.8. The average Bonchev–Trinajstić information content (AvgIpc) is 3.01. The van der Waals surface area contributed by atoms with Crippen molar-refractivity contribution < 1.29 is 33.4 Å². The third-order valence-electron chi connectivity index (χ3n) is 6.87. The Labute approximate surface area is 252 Å². The number of esters is 1. The molecule has 0 aromatic heterocycles. The maximum atomic E-state index is 13.0. The van der Waals surface area contributed by atoms with Crippen molar-refractivity contribution in [3.8, 4) is 5.75 Å². The molecule has 0 radical (unpaired) electrons. The molecule has 228 valence electrons. The van der Waals surface area contributed by atoms with Crippen molar-refractivity contribution in [2.24, 2.45) is 5.90 Å². The van der Waals surface area contributed by atoms with Gasteiger partial charge in [-0.2, -0.15) is 0 Å². The number of nitrogens with one attached hydrogen (secondary N) is 1. The lowest BCUT2D eigenvalue weighted by molar-refractivity contribution is -0.163. The van der Waals surface area contributed by atoms with Crippen molar-refractivity contribution in [2.75, 3.05) is 19.7 Å². The normalized spacial score (nSPS) is 14.6. The molecule has 43 heavy (non-hydrogen) atoms. The quantitative estimate of drug-likeness (QED) is 0.255. The molecule has 0 spiro atoms. The highest BCUT2D eigenvalue weighted by Crippen LogP contribution is 2.27. The highest BCUT2D eigenvalue weighted by atomic mass is 16.7. The van der Waals surface area contributed by atoms with Crippen LogP contribution in [0, 0.1) is 0 Å². The fourth-order valence-corrected chi connectivity index (χ4v) is 4.62. The standard InChI is InChI=1S/C33H39N3O7/c1-33(2,3)42-32(39)36-20-18-26(19-21-36)35-30(37)25-14-16-27(17-15-25)40-22-28(43-34)31(38)41-29(23-10-6-4-7-11-23)24-12-8-5-9-13-24/h4-17,26,28-29H,18-22,34H2,1-3H3,(H,35,37). The van der Waals surface area contributed by atoms with Gasteiger partial charge in [0, 0.05) is 24.7 Å². The molecule has 4 rings (SSSR count). The van der Waals surface area contributed by atoms with E-state index in [0.717, 1.165) is 11.1 Å². The number of ether oxygens (including phenoxy) is 3. The van der Waals surface area contributed by atoms with Crippen LogP contribution in [0.3, 0.4) is 0 Å². The van der Waals surface area contributed by atoms with Gasteiger partial charge in [0.2, 0.25) is 6.10 Å². The lowest BCUT2D eigenvalue weighted by Crippen LogP contribution is -2.47. The van der Waals surface area contributed by atoms with Crippen molar-refractivity contribution in [1.29, 1.82) is 0 Å². The van der Waals surface area contributed by atoms with Crippen molar-refractivity contribution in [2.45, 2.75) is 57.5 Å². The molecule has 0 saturated carbocycles. The van der Waals surface area contributed by atoms with Crippen LogP contribution in [0.4, 0.5) is 4.79 Å². The summed E-state index contributed by atoms with van der Waals surface area (Å²) in [7, 11) is 0. The number of carbonyl (C=O) groups excluding carboxylic acids is 3. The Hall–Kier alpha value is -4.41. The van der Waals surface area contributed by atoms with Gasteiger partial charge in [0.05, 0.1) is 0 Å². The summed E-state index contributed by atoms with van der Waals surface area (Å²) in [4.78, 5) is 44.7. The summed E-state index contributed by atoms with van der Waals surface area (Å²) in [5.41, 5.74) is 1.52. The molecule has 0 aliphatic carbocycles. The molecule has 1 aliphatic rings. The lowest BCUT2D eigenvalue weighted by Gasteiger charge is -2.33. The Morgan fingerprint density at radius 2 is 1.44 bits per heavy atom. The van der Waals surface area contributed by atoms with Gasteiger partial charge in [-0.25, -0.2) is 15.5 Å². The second-order valence-electron chi connectivity index (χ2n) is 11.3. The van der Waals surface area contributed by atoms with Crippen LogP contribution in [0.5, 0.6) is 5.75 Å². The van der Waals surface area contributed by atoms with Gasteiger partial charge in [-0.15, -0.1) is 0 Å². The molecule has 0 bridgehead atoms. The Kier molecular flexibility index (Phi) is 10.7. The van der Waals surface area contributed by atoms with E-state index in [0.29, 0.717) is 37.2 Å². The fraction of sp³-hybridized carbons (Fsp3) is 0.364. The predicted molar refractivity (Wildman–Crippen MR) is 160 cm³/mol. The number of piperidine rings is 1. The molecule has 2 amide bonds. The van der Waals surface area contributed by atoms with E-state index in [1.807, 2.05) is 81.4 Å². The Bertz CT molecular complexity index is 1300. The number of hydrogen-bond acceptors (Lipinski definition) is 8. The van der Waals surface area contributed by atoms with Crippen LogP contribution < -0.4 is 16.0 Å². The molecule has 1 saturated heterocycles. The molecular formula is C33H39N3O7. The first-order valence-corrected chi connectivity index (χ1v) is 14.3. The molecule has 10 nitrogen and oxygen atoms in total. The number of benzene rings is 3. The van der Waals surface area contributed by atoms with Gasteiger partial charge in [-0.3, -0.25) is 9.63 Å². The van der Waals surface area contributed by atoms with Gasteiger partial charge < -0.3 is 24.4 Å². The van der Waals surface area contributed by atoms with Crippen LogP contribution in [0.1, 0.15) is 61.2 Å². The number of hydrogen-bond donors (Lipinski definition) is 2. The van der Waals surface area contributed by atoms with Crippen molar-refractivity contribution >= 4 is 18.0 Å². The minimum Gasteiger partial charge on any atom is -0.490 e. The van der Waals surface area contributed by atoms with E-state index < -0.39 is 23.8 Å². The SMILES string of the molecule is CC(C)(C)OC(=O)N1CCC(NC(=O)c2ccc(OCC(ON)C(=O)OC(c3ccccc3)c3ccccc3)cc2)CC1. The van der Waals surface area contributed by atoms with E-state index in [1.165, 1.54) is 0 Å². The number of rotatable bonds is 10. The van der Waals surface area contributed by atoms with E-state index in [2.05, 4.69) is 5.32 Å². The highest BCUT2D eigenvalue weighted by Gasteiger charge is 2.29. The monoisotopic (exact) mass is 589 g/mol. The number of carbonyl (C=O) groups is 3. The van der Waals surface area contributed by atoms with E-state index in [1.54, 1.807) is 29.2 Å². The summed E-state index contributed by atoms with van der Waals surface area (Å²) in [6, 6.07) is 25.3. The van der Waals surface area contributed by atoms with Crippen LogP contribution in [0.25, 0.3) is 0 Å². The fourth-order valence-electron chi connectivity index (χ4n) is 4.62. The minimum absolute atomic E-state index is 0.0498. The van der Waals surface area contributed by atoms with Gasteiger partial charge in [0.15, 0.2) is 6.10 Å². The number of amides is 2. The molecule has 3 aromatic rings. The lowest BCUT2D eigenvalue weighted by atomic mass is 10.0. The predicted octanol–water partition coefficient (Wildman–Crippen LogP) is 4.79. The summed E-state index contributed by atoms with van der Waals surface area (Å²) in [6.07, 6.45) is -0.883. The summed E-state index contributed by atoms with van der Waals surface area (Å²) in [6.45, 7) is 6.34. The number of nitrogens with zero attached hydrogens (tertiary/aromatic N) is 1. The average molecular weight is 590 g/mol. The summed E-state index contributed by atoms with van der Waals surface area (Å²) in [5, 5.41) is 3.03. The van der Waals surface area contributed by atoms with Crippen LogP contribution in [-0.2, 0) is 19.1 Å². The third kappa shape index (κ3) is 9.29. The van der Waals surface area contributed by atoms with E-state index >= 15 is 0 Å².